The summed E-state index contributed by atoms with van der Waals surface area (Å²) in [5, 5.41) is 19.4. The van der Waals surface area contributed by atoms with Gasteiger partial charge < -0.3 is 5.11 Å². The molecule has 0 amide bonds. The summed E-state index contributed by atoms with van der Waals surface area (Å²) in [6.45, 7) is 10.0. The zero-order valence-corrected chi connectivity index (χ0v) is 14.9. The Hall–Kier alpha value is -2.07. The molecule has 0 aliphatic heterocycles. The van der Waals surface area contributed by atoms with Gasteiger partial charge in [-0.1, -0.05) is 44.5 Å². The quantitative estimate of drug-likeness (QED) is 0.606. The van der Waals surface area contributed by atoms with Gasteiger partial charge in [-0.05, 0) is 49.1 Å². The molecule has 0 saturated heterocycles. The van der Waals surface area contributed by atoms with Gasteiger partial charge in [-0.3, -0.25) is 0 Å². The van der Waals surface area contributed by atoms with Gasteiger partial charge >= 0.3 is 0 Å². The average molecular weight is 332 g/mol. The number of aromatic nitrogens is 3. The molecule has 2 rings (SSSR count). The van der Waals surface area contributed by atoms with Gasteiger partial charge in [0.25, 0.3) is 0 Å². The maximum Gasteiger partial charge on any atom is 0.123 e. The van der Waals surface area contributed by atoms with Crippen molar-refractivity contribution in [2.45, 2.75) is 34.6 Å². The first-order valence-corrected chi connectivity index (χ1v) is 7.84. The maximum atomic E-state index is 10.0. The van der Waals surface area contributed by atoms with Gasteiger partial charge in [-0.25, -0.2) is 0 Å². The molecule has 1 aromatic heterocycles. The van der Waals surface area contributed by atoms with Gasteiger partial charge in [0.1, 0.15) is 22.5 Å². The molecule has 1 heterocycles. The van der Waals surface area contributed by atoms with E-state index in [0.29, 0.717) is 16.2 Å². The van der Waals surface area contributed by atoms with Crippen molar-refractivity contribution >= 4 is 28.3 Å². The summed E-state index contributed by atoms with van der Waals surface area (Å²) in [6, 6.07) is 5.33. The van der Waals surface area contributed by atoms with E-state index in [9.17, 15) is 5.11 Å². The Bertz CT molecular complexity index is 803. The first kappa shape index (κ1) is 17.3. The van der Waals surface area contributed by atoms with Crippen LogP contribution in [0.15, 0.2) is 47.8 Å². The van der Waals surface area contributed by atoms with Gasteiger partial charge in [-0.2, -0.15) is 0 Å². The summed E-state index contributed by atoms with van der Waals surface area (Å²) in [5.41, 5.74) is 3.05. The van der Waals surface area contributed by atoms with E-state index in [2.05, 4.69) is 37.0 Å². The second-order valence-electron chi connectivity index (χ2n) is 6.68. The second kappa shape index (κ2) is 6.59. The molecule has 1 aromatic carbocycles. The predicted octanol–water partition coefficient (Wildman–Crippen LogP) is 5.38. The number of halogens is 1. The Labute approximate surface area is 141 Å². The highest BCUT2D eigenvalue weighted by molar-refractivity contribution is 6.31. The van der Waals surface area contributed by atoms with Crippen molar-refractivity contribution in [1.29, 1.82) is 0 Å². The number of aliphatic hydroxyl groups excluding tert-OH is 1. The summed E-state index contributed by atoms with van der Waals surface area (Å²) < 4.78 is 0. The van der Waals surface area contributed by atoms with Crippen LogP contribution < -0.4 is 0 Å². The minimum atomic E-state index is 0.0998. The fourth-order valence-corrected chi connectivity index (χ4v) is 2.11. The molecule has 0 unspecified atom stereocenters. The molecule has 0 atom stereocenters. The van der Waals surface area contributed by atoms with Gasteiger partial charge in [-0.15, -0.1) is 15.0 Å². The summed E-state index contributed by atoms with van der Waals surface area (Å²) in [7, 11) is 0. The number of nitrogens with zero attached hydrogens (tertiary/aromatic N) is 3. The molecule has 0 bridgehead atoms. The summed E-state index contributed by atoms with van der Waals surface area (Å²) in [4.78, 5) is 1.44. The molecule has 5 heteroatoms. The van der Waals surface area contributed by atoms with Gasteiger partial charge in [0.2, 0.25) is 0 Å². The van der Waals surface area contributed by atoms with E-state index < -0.39 is 0 Å². The molecule has 0 aliphatic rings. The Kier molecular flexibility index (Phi) is 4.95. The van der Waals surface area contributed by atoms with E-state index in [0.717, 1.165) is 11.1 Å². The minimum Gasteiger partial charge on any atom is -0.510 e. The lowest BCUT2D eigenvalue weighted by atomic mass is 9.95. The fraction of sp³-hybridized carbons (Fsp3) is 0.333. The Morgan fingerprint density at radius 2 is 1.83 bits per heavy atom. The van der Waals surface area contributed by atoms with E-state index in [-0.39, 0.29) is 11.2 Å². The van der Waals surface area contributed by atoms with Crippen LogP contribution in [0.3, 0.4) is 0 Å². The molecule has 2 aromatic rings. The van der Waals surface area contributed by atoms with Crippen LogP contribution in [0.25, 0.3) is 16.7 Å². The van der Waals surface area contributed by atoms with Gasteiger partial charge in [0, 0.05) is 5.02 Å². The van der Waals surface area contributed by atoms with E-state index in [1.54, 1.807) is 19.1 Å². The van der Waals surface area contributed by atoms with Crippen LogP contribution in [-0.2, 0) is 0 Å². The Morgan fingerprint density at radius 1 is 1.17 bits per heavy atom. The van der Waals surface area contributed by atoms with E-state index in [1.165, 1.54) is 4.80 Å². The lowest BCUT2D eigenvalue weighted by molar-refractivity contribution is 0.412. The number of hydrogen-bond acceptors (Lipinski definition) is 3. The van der Waals surface area contributed by atoms with Crippen molar-refractivity contribution in [2.75, 3.05) is 0 Å². The van der Waals surface area contributed by atoms with Crippen molar-refractivity contribution in [1.82, 2.24) is 15.0 Å². The molecule has 0 radical (unpaired) electrons. The van der Waals surface area contributed by atoms with Crippen molar-refractivity contribution in [3.05, 3.63) is 52.8 Å². The van der Waals surface area contributed by atoms with Gasteiger partial charge in [0.05, 0.1) is 0 Å². The van der Waals surface area contributed by atoms with E-state index in [1.807, 2.05) is 25.1 Å². The summed E-state index contributed by atoms with van der Waals surface area (Å²) in [5.74, 6) is 0.153. The first-order valence-electron chi connectivity index (χ1n) is 7.46. The van der Waals surface area contributed by atoms with Crippen LogP contribution in [0.4, 0.5) is 0 Å². The fourth-order valence-electron chi connectivity index (χ4n) is 1.95. The highest BCUT2D eigenvalue weighted by Gasteiger charge is 2.09. The number of benzene rings is 1. The Balaban J connectivity index is 2.42. The molecule has 0 saturated carbocycles. The molecule has 1 N–H and O–H groups in total. The monoisotopic (exact) mass is 331 g/mol. The molecule has 0 fully saturated rings. The van der Waals surface area contributed by atoms with Crippen molar-refractivity contribution in [2.24, 2.45) is 5.41 Å². The molecule has 4 nitrogen and oxygen atoms in total. The van der Waals surface area contributed by atoms with Crippen molar-refractivity contribution in [3.63, 3.8) is 0 Å². The third-order valence-corrected chi connectivity index (χ3v) is 3.37. The summed E-state index contributed by atoms with van der Waals surface area (Å²) in [6.07, 6.45) is 6.01. The van der Waals surface area contributed by atoms with Crippen LogP contribution in [-0.4, -0.2) is 20.1 Å². The third-order valence-electron chi connectivity index (χ3n) is 3.14. The highest BCUT2D eigenvalue weighted by Crippen LogP contribution is 2.20. The van der Waals surface area contributed by atoms with Crippen molar-refractivity contribution in [3.8, 4) is 0 Å². The van der Waals surface area contributed by atoms with E-state index in [4.69, 9.17) is 11.6 Å². The zero-order valence-electron chi connectivity index (χ0n) is 14.1. The molecule has 122 valence electrons. The van der Waals surface area contributed by atoms with Crippen LogP contribution in [0.5, 0.6) is 0 Å². The third kappa shape index (κ3) is 4.70. The number of aliphatic hydroxyl groups is 1. The molecule has 0 spiro atoms. The minimum absolute atomic E-state index is 0.0998. The Morgan fingerprint density at radius 3 is 2.43 bits per heavy atom. The number of rotatable bonds is 3. The van der Waals surface area contributed by atoms with Crippen LogP contribution in [0.2, 0.25) is 5.02 Å². The van der Waals surface area contributed by atoms with E-state index >= 15 is 0 Å². The molecule has 0 aliphatic carbocycles. The van der Waals surface area contributed by atoms with Gasteiger partial charge in [0.15, 0.2) is 0 Å². The lowest BCUT2D eigenvalue weighted by Crippen LogP contribution is -2.03. The lowest BCUT2D eigenvalue weighted by Gasteiger charge is -2.11. The molecular formula is C18H22ClN3O. The summed E-state index contributed by atoms with van der Waals surface area (Å²) >= 11 is 5.98. The SMILES string of the molecule is CC(=C/C(=C(\C)O)n1nc2ccc(Cl)cc2n1)/C=C/C(C)(C)C. The molecule has 23 heavy (non-hydrogen) atoms. The van der Waals surface area contributed by atoms with Crippen molar-refractivity contribution < 1.29 is 5.11 Å². The van der Waals surface area contributed by atoms with Crippen LogP contribution >= 0.6 is 11.6 Å². The maximum absolute atomic E-state index is 10.0. The van der Waals surface area contributed by atoms with Crippen LogP contribution in [0, 0.1) is 5.41 Å². The predicted molar refractivity (Wildman–Crippen MR) is 96.4 cm³/mol. The largest absolute Gasteiger partial charge is 0.510 e. The topological polar surface area (TPSA) is 50.9 Å². The first-order chi connectivity index (χ1) is 10.7. The number of allylic oxidation sites excluding steroid dienone is 6. The average Bonchev–Trinajstić information content (AvgIpc) is 2.83. The number of hydrogen-bond donors (Lipinski definition) is 1. The smallest absolute Gasteiger partial charge is 0.123 e. The molecular weight excluding hydrogens is 310 g/mol. The standard InChI is InChI=1S/C18H22ClN3O/c1-12(8-9-18(3,4)5)10-17(13(2)23)22-20-15-7-6-14(19)11-16(15)21-22/h6-11,23H,1-5H3/b9-8+,12-10-,17-13-. The number of fused-ring (bicyclic) bond motifs is 1. The highest BCUT2D eigenvalue weighted by atomic mass is 35.5. The van der Waals surface area contributed by atoms with Crippen LogP contribution in [0.1, 0.15) is 34.6 Å². The zero-order chi connectivity index (χ0) is 17.2. The normalized spacial score (nSPS) is 14.6. The second-order valence-corrected chi connectivity index (χ2v) is 7.12.